The summed E-state index contributed by atoms with van der Waals surface area (Å²) >= 11 is 0. The number of hydrogen-bond acceptors (Lipinski definition) is 2. The smallest absolute Gasteiger partial charge is 0.303 e. The second-order valence-corrected chi connectivity index (χ2v) is 3.96. The number of hydrogen-bond donors (Lipinski definition) is 2. The quantitative estimate of drug-likeness (QED) is 0.564. The van der Waals surface area contributed by atoms with Crippen molar-refractivity contribution in [2.24, 2.45) is 5.92 Å². The highest BCUT2D eigenvalue weighted by atomic mass is 16.4. The molecule has 1 atom stereocenters. The minimum Gasteiger partial charge on any atom is -0.481 e. The highest BCUT2D eigenvalue weighted by molar-refractivity contribution is 5.66. The molecule has 0 aromatic rings. The Bertz CT molecular complexity index is 145. The molecule has 1 unspecified atom stereocenters. The number of aliphatic hydroxyl groups excluding tert-OH is 1. The van der Waals surface area contributed by atoms with Gasteiger partial charge < -0.3 is 10.2 Å². The van der Waals surface area contributed by atoms with Gasteiger partial charge in [-0.15, -0.1) is 0 Å². The lowest BCUT2D eigenvalue weighted by molar-refractivity contribution is -0.137. The second kappa shape index (κ2) is 9.00. The van der Waals surface area contributed by atoms with Crippen LogP contribution in [-0.4, -0.2) is 22.8 Å². The Balaban J connectivity index is 3.14. The molecule has 0 aromatic carbocycles. The zero-order valence-electron chi connectivity index (χ0n) is 9.04. The van der Waals surface area contributed by atoms with Gasteiger partial charge in [-0.1, -0.05) is 26.2 Å². The molecule has 0 heterocycles. The van der Waals surface area contributed by atoms with Gasteiger partial charge >= 0.3 is 5.97 Å². The van der Waals surface area contributed by atoms with Gasteiger partial charge in [0.2, 0.25) is 0 Å². The molecule has 3 nitrogen and oxygen atoms in total. The third-order valence-corrected chi connectivity index (χ3v) is 2.44. The van der Waals surface area contributed by atoms with Crippen LogP contribution in [0.3, 0.4) is 0 Å². The Labute approximate surface area is 86.1 Å². The van der Waals surface area contributed by atoms with E-state index < -0.39 is 5.97 Å². The van der Waals surface area contributed by atoms with E-state index in [1.165, 1.54) is 0 Å². The number of rotatable bonds is 9. The Morgan fingerprint density at radius 2 is 1.79 bits per heavy atom. The first-order valence-corrected chi connectivity index (χ1v) is 5.49. The molecule has 0 spiro atoms. The van der Waals surface area contributed by atoms with Crippen LogP contribution in [0.4, 0.5) is 0 Å². The van der Waals surface area contributed by atoms with Gasteiger partial charge in [-0.2, -0.15) is 0 Å². The van der Waals surface area contributed by atoms with Crippen LogP contribution in [0.2, 0.25) is 0 Å². The number of aliphatic carboxylic acids is 1. The van der Waals surface area contributed by atoms with Crippen LogP contribution in [0, 0.1) is 5.92 Å². The third-order valence-electron chi connectivity index (χ3n) is 2.44. The van der Waals surface area contributed by atoms with Gasteiger partial charge in [-0.25, -0.2) is 0 Å². The molecule has 0 saturated carbocycles. The van der Waals surface area contributed by atoms with Gasteiger partial charge in [0, 0.05) is 13.0 Å². The Kier molecular flexibility index (Phi) is 8.64. The fourth-order valence-corrected chi connectivity index (χ4v) is 1.53. The van der Waals surface area contributed by atoms with Crippen LogP contribution in [-0.2, 0) is 4.79 Å². The summed E-state index contributed by atoms with van der Waals surface area (Å²) in [6.45, 7) is 2.47. The van der Waals surface area contributed by atoms with E-state index in [-0.39, 0.29) is 6.61 Å². The lowest BCUT2D eigenvalue weighted by atomic mass is 9.98. The van der Waals surface area contributed by atoms with Crippen molar-refractivity contribution in [1.82, 2.24) is 0 Å². The minimum absolute atomic E-state index is 0.281. The van der Waals surface area contributed by atoms with Gasteiger partial charge in [0.1, 0.15) is 0 Å². The summed E-state index contributed by atoms with van der Waals surface area (Å²) in [6.07, 6.45) is 6.33. The Hall–Kier alpha value is -0.570. The first-order valence-electron chi connectivity index (χ1n) is 5.49. The number of aliphatic hydroxyl groups is 1. The molecule has 0 rings (SSSR count). The topological polar surface area (TPSA) is 57.5 Å². The molecule has 0 aliphatic rings. The zero-order chi connectivity index (χ0) is 10.8. The first-order chi connectivity index (χ1) is 6.66. The van der Waals surface area contributed by atoms with Crippen LogP contribution < -0.4 is 0 Å². The first kappa shape index (κ1) is 13.4. The van der Waals surface area contributed by atoms with Crippen LogP contribution in [0.1, 0.15) is 51.9 Å². The van der Waals surface area contributed by atoms with E-state index in [1.54, 1.807) is 0 Å². The molecule has 14 heavy (non-hydrogen) atoms. The van der Waals surface area contributed by atoms with Crippen molar-refractivity contribution in [2.75, 3.05) is 6.61 Å². The normalized spacial score (nSPS) is 12.7. The fraction of sp³-hybridized carbons (Fsp3) is 0.909. The van der Waals surface area contributed by atoms with Crippen LogP contribution in [0.15, 0.2) is 0 Å². The van der Waals surface area contributed by atoms with Crippen molar-refractivity contribution in [3.8, 4) is 0 Å². The molecule has 0 fully saturated rings. The molecule has 0 aliphatic heterocycles. The van der Waals surface area contributed by atoms with Crippen molar-refractivity contribution in [3.63, 3.8) is 0 Å². The third kappa shape index (κ3) is 9.52. The van der Waals surface area contributed by atoms with Gasteiger partial charge in [-0.05, 0) is 25.2 Å². The van der Waals surface area contributed by atoms with Crippen LogP contribution in [0.5, 0.6) is 0 Å². The lowest BCUT2D eigenvalue weighted by Gasteiger charge is -2.09. The number of unbranched alkanes of at least 4 members (excludes halogenated alkanes) is 2. The van der Waals surface area contributed by atoms with E-state index in [9.17, 15) is 4.79 Å². The summed E-state index contributed by atoms with van der Waals surface area (Å²) < 4.78 is 0. The summed E-state index contributed by atoms with van der Waals surface area (Å²) in [7, 11) is 0. The van der Waals surface area contributed by atoms with Gasteiger partial charge in [0.25, 0.3) is 0 Å². The Morgan fingerprint density at radius 3 is 2.36 bits per heavy atom. The van der Waals surface area contributed by atoms with E-state index in [0.717, 1.165) is 38.5 Å². The molecule has 0 aromatic heterocycles. The van der Waals surface area contributed by atoms with Gasteiger partial charge in [-0.3, -0.25) is 4.79 Å². The standard InChI is InChI=1S/C11H22O3/c1-10(7-5-9-12)6-3-2-4-8-11(13)14/h10,12H,2-9H2,1H3,(H,13,14). The molecular formula is C11H22O3. The average Bonchev–Trinajstić information content (AvgIpc) is 2.13. The maximum Gasteiger partial charge on any atom is 0.303 e. The van der Waals surface area contributed by atoms with E-state index in [0.29, 0.717) is 12.3 Å². The SMILES string of the molecule is CC(CCCO)CCCCCC(=O)O. The maximum atomic E-state index is 10.2. The number of carboxylic acid groups (broad SMARTS) is 1. The molecule has 0 aliphatic carbocycles. The van der Waals surface area contributed by atoms with E-state index in [1.807, 2.05) is 0 Å². The predicted octanol–water partition coefficient (Wildman–Crippen LogP) is 2.43. The molecule has 0 amide bonds. The summed E-state index contributed by atoms with van der Waals surface area (Å²) in [5.74, 6) is -0.0368. The zero-order valence-corrected chi connectivity index (χ0v) is 9.04. The molecule has 84 valence electrons. The van der Waals surface area contributed by atoms with Crippen LogP contribution in [0.25, 0.3) is 0 Å². The molecular weight excluding hydrogens is 180 g/mol. The van der Waals surface area contributed by atoms with Crippen molar-refractivity contribution < 1.29 is 15.0 Å². The minimum atomic E-state index is -0.696. The fourth-order valence-electron chi connectivity index (χ4n) is 1.53. The van der Waals surface area contributed by atoms with Crippen molar-refractivity contribution in [2.45, 2.75) is 51.9 Å². The van der Waals surface area contributed by atoms with Crippen LogP contribution >= 0.6 is 0 Å². The molecule has 0 bridgehead atoms. The van der Waals surface area contributed by atoms with Gasteiger partial charge in [0.05, 0.1) is 0 Å². The van der Waals surface area contributed by atoms with Crippen molar-refractivity contribution >= 4 is 5.97 Å². The highest BCUT2D eigenvalue weighted by Gasteiger charge is 2.02. The average molecular weight is 202 g/mol. The molecule has 0 radical (unpaired) electrons. The monoisotopic (exact) mass is 202 g/mol. The summed E-state index contributed by atoms with van der Waals surface area (Å²) in [5, 5.41) is 17.0. The lowest BCUT2D eigenvalue weighted by Crippen LogP contribution is -1.98. The van der Waals surface area contributed by atoms with Crippen molar-refractivity contribution in [3.05, 3.63) is 0 Å². The van der Waals surface area contributed by atoms with E-state index in [2.05, 4.69) is 6.92 Å². The highest BCUT2D eigenvalue weighted by Crippen LogP contribution is 2.14. The predicted molar refractivity (Wildman–Crippen MR) is 56.2 cm³/mol. The maximum absolute atomic E-state index is 10.2. The number of carboxylic acids is 1. The van der Waals surface area contributed by atoms with Gasteiger partial charge in [0.15, 0.2) is 0 Å². The number of carbonyl (C=O) groups is 1. The van der Waals surface area contributed by atoms with E-state index in [4.69, 9.17) is 10.2 Å². The largest absolute Gasteiger partial charge is 0.481 e. The molecule has 0 saturated heterocycles. The molecule has 2 N–H and O–H groups in total. The summed E-state index contributed by atoms with van der Waals surface area (Å²) in [4.78, 5) is 10.2. The van der Waals surface area contributed by atoms with E-state index >= 15 is 0 Å². The summed E-state index contributed by atoms with van der Waals surface area (Å²) in [6, 6.07) is 0. The summed E-state index contributed by atoms with van der Waals surface area (Å²) in [5.41, 5.74) is 0. The molecule has 3 heteroatoms. The second-order valence-electron chi connectivity index (χ2n) is 3.96. The Morgan fingerprint density at radius 1 is 1.14 bits per heavy atom. The van der Waals surface area contributed by atoms with Crippen molar-refractivity contribution in [1.29, 1.82) is 0 Å².